The Balaban J connectivity index is 1.22. The minimum absolute atomic E-state index is 0.145. The zero-order chi connectivity index (χ0) is 22.2. The van der Waals surface area contributed by atoms with Gasteiger partial charge in [0.05, 0.1) is 12.3 Å². The predicted molar refractivity (Wildman–Crippen MR) is 120 cm³/mol. The number of carbonyl (C=O) groups excluding carboxylic acids is 3. The maximum absolute atomic E-state index is 13.0. The molecule has 1 unspecified atom stereocenters. The number of piperidine rings is 1. The normalized spacial score (nSPS) is 21.6. The number of fused-ring (bicyclic) bond motifs is 1. The highest BCUT2D eigenvalue weighted by atomic mass is 32.2. The van der Waals surface area contributed by atoms with Gasteiger partial charge in [-0.25, -0.2) is 0 Å². The number of hydrogen-bond acceptors (Lipinski definition) is 6. The van der Waals surface area contributed by atoms with E-state index in [0.717, 1.165) is 34.4 Å². The van der Waals surface area contributed by atoms with Crippen molar-refractivity contribution in [2.24, 2.45) is 5.92 Å². The summed E-state index contributed by atoms with van der Waals surface area (Å²) in [7, 11) is 0. The summed E-state index contributed by atoms with van der Waals surface area (Å²) >= 11 is 1.64. The number of thioether (sulfide) groups is 1. The Kier molecular flexibility index (Phi) is 5.82. The molecule has 3 heterocycles. The van der Waals surface area contributed by atoms with E-state index in [1.165, 1.54) is 12.8 Å². The van der Waals surface area contributed by atoms with Crippen molar-refractivity contribution in [1.29, 1.82) is 0 Å². The first-order chi connectivity index (χ1) is 15.5. The molecule has 5 rings (SSSR count). The standard InChI is InChI=1S/C24H27N3O4S/c1-14(15-5-6-15)25-11-16-7-8-17(31-16)13-32-21-4-2-3-18-19(21)12-27(24(18)30)20-9-10-22(28)26-23(20)29/h2-4,7-8,14-15,20,25H,5-6,9-13H2,1H3,(H,26,28,29)/t14-,20?/m0/s1. The third-order valence-corrected chi connectivity index (χ3v) is 7.68. The van der Waals surface area contributed by atoms with Crippen LogP contribution < -0.4 is 10.6 Å². The Morgan fingerprint density at radius 1 is 1.16 bits per heavy atom. The summed E-state index contributed by atoms with van der Waals surface area (Å²) < 4.78 is 5.99. The number of furan rings is 1. The molecule has 1 saturated carbocycles. The summed E-state index contributed by atoms with van der Waals surface area (Å²) in [6, 6.07) is 9.66. The molecule has 1 aromatic carbocycles. The van der Waals surface area contributed by atoms with E-state index in [2.05, 4.69) is 17.6 Å². The molecule has 7 nitrogen and oxygen atoms in total. The Morgan fingerprint density at radius 2 is 1.97 bits per heavy atom. The van der Waals surface area contributed by atoms with Crippen molar-refractivity contribution in [3.05, 3.63) is 53.0 Å². The smallest absolute Gasteiger partial charge is 0.255 e. The lowest BCUT2D eigenvalue weighted by atomic mass is 10.0. The van der Waals surface area contributed by atoms with Gasteiger partial charge in [0.1, 0.15) is 17.6 Å². The predicted octanol–water partition coefficient (Wildman–Crippen LogP) is 3.22. The van der Waals surface area contributed by atoms with Crippen LogP contribution in [0.4, 0.5) is 0 Å². The molecule has 2 atom stereocenters. The highest BCUT2D eigenvalue weighted by Gasteiger charge is 2.39. The van der Waals surface area contributed by atoms with Crippen LogP contribution in [0.3, 0.4) is 0 Å². The summed E-state index contributed by atoms with van der Waals surface area (Å²) in [5, 5.41) is 5.88. The first-order valence-corrected chi connectivity index (χ1v) is 12.2. The van der Waals surface area contributed by atoms with E-state index in [-0.39, 0.29) is 24.1 Å². The number of nitrogens with zero attached hydrogens (tertiary/aromatic N) is 1. The molecule has 1 aromatic heterocycles. The van der Waals surface area contributed by atoms with Crippen molar-refractivity contribution < 1.29 is 18.8 Å². The second-order valence-corrected chi connectivity index (χ2v) is 9.86. The molecule has 3 amide bonds. The monoisotopic (exact) mass is 453 g/mol. The van der Waals surface area contributed by atoms with Crippen molar-refractivity contribution in [3.8, 4) is 0 Å². The quantitative estimate of drug-likeness (QED) is 0.471. The number of carbonyl (C=O) groups is 3. The van der Waals surface area contributed by atoms with Crippen LogP contribution in [0.2, 0.25) is 0 Å². The van der Waals surface area contributed by atoms with Crippen molar-refractivity contribution in [2.45, 2.75) is 68.4 Å². The van der Waals surface area contributed by atoms with Crippen LogP contribution in [0.15, 0.2) is 39.6 Å². The van der Waals surface area contributed by atoms with Gasteiger partial charge < -0.3 is 14.6 Å². The minimum atomic E-state index is -0.594. The second kappa shape index (κ2) is 8.75. The minimum Gasteiger partial charge on any atom is -0.464 e. The molecule has 0 spiro atoms. The van der Waals surface area contributed by atoms with Gasteiger partial charge in [-0.15, -0.1) is 11.8 Å². The van der Waals surface area contributed by atoms with Crippen LogP contribution in [0.1, 0.15) is 60.0 Å². The first-order valence-electron chi connectivity index (χ1n) is 11.2. The van der Waals surface area contributed by atoms with Crippen LogP contribution >= 0.6 is 11.8 Å². The van der Waals surface area contributed by atoms with Gasteiger partial charge in [-0.05, 0) is 61.9 Å². The maximum atomic E-state index is 13.0. The van der Waals surface area contributed by atoms with Gasteiger partial charge in [0.2, 0.25) is 11.8 Å². The molecule has 2 aromatic rings. The Bertz CT molecular complexity index is 1060. The fourth-order valence-electron chi connectivity index (χ4n) is 4.46. The molecule has 32 heavy (non-hydrogen) atoms. The Labute approximate surface area is 191 Å². The van der Waals surface area contributed by atoms with E-state index < -0.39 is 6.04 Å². The van der Waals surface area contributed by atoms with Crippen molar-refractivity contribution in [1.82, 2.24) is 15.5 Å². The number of benzene rings is 1. The van der Waals surface area contributed by atoms with Gasteiger partial charge >= 0.3 is 0 Å². The second-order valence-electron chi connectivity index (χ2n) is 8.85. The molecule has 0 bridgehead atoms. The lowest BCUT2D eigenvalue weighted by molar-refractivity contribution is -0.136. The van der Waals surface area contributed by atoms with Crippen molar-refractivity contribution in [3.63, 3.8) is 0 Å². The fourth-order valence-corrected chi connectivity index (χ4v) is 5.44. The SMILES string of the molecule is C[C@H](NCc1ccc(CSc2cccc3c2CN(C2CCC(=O)NC2=O)C3=O)o1)C1CC1. The van der Waals surface area contributed by atoms with Gasteiger partial charge in [0.25, 0.3) is 5.91 Å². The summed E-state index contributed by atoms with van der Waals surface area (Å²) in [5.41, 5.74) is 1.58. The molecule has 2 fully saturated rings. The van der Waals surface area contributed by atoms with Crippen LogP contribution in [0.25, 0.3) is 0 Å². The number of nitrogens with one attached hydrogen (secondary N) is 2. The number of amides is 3. The highest BCUT2D eigenvalue weighted by Crippen LogP contribution is 2.36. The van der Waals surface area contributed by atoms with Crippen LogP contribution in [0.5, 0.6) is 0 Å². The number of hydrogen-bond donors (Lipinski definition) is 2. The topological polar surface area (TPSA) is 91.7 Å². The molecule has 8 heteroatoms. The molecular formula is C24H27N3O4S. The lowest BCUT2D eigenvalue weighted by Gasteiger charge is -2.29. The van der Waals surface area contributed by atoms with Crippen LogP contribution in [-0.4, -0.2) is 34.7 Å². The van der Waals surface area contributed by atoms with Gasteiger partial charge in [-0.1, -0.05) is 6.07 Å². The zero-order valence-electron chi connectivity index (χ0n) is 18.1. The Morgan fingerprint density at radius 3 is 2.75 bits per heavy atom. The van der Waals surface area contributed by atoms with Gasteiger partial charge in [0, 0.05) is 29.5 Å². The third kappa shape index (κ3) is 4.34. The molecule has 3 aliphatic rings. The average Bonchev–Trinajstić information content (AvgIpc) is 3.45. The maximum Gasteiger partial charge on any atom is 0.255 e. The van der Waals surface area contributed by atoms with Crippen molar-refractivity contribution >= 4 is 29.5 Å². The molecule has 1 aliphatic carbocycles. The highest BCUT2D eigenvalue weighted by molar-refractivity contribution is 7.98. The van der Waals surface area contributed by atoms with E-state index in [0.29, 0.717) is 30.3 Å². The molecule has 168 valence electrons. The number of rotatable bonds is 8. The lowest BCUT2D eigenvalue weighted by Crippen LogP contribution is -2.52. The average molecular weight is 454 g/mol. The van der Waals surface area contributed by atoms with E-state index in [1.807, 2.05) is 30.3 Å². The van der Waals surface area contributed by atoms with E-state index in [1.54, 1.807) is 16.7 Å². The number of imide groups is 1. The molecule has 2 N–H and O–H groups in total. The molecule has 2 aliphatic heterocycles. The van der Waals surface area contributed by atoms with E-state index in [4.69, 9.17) is 4.42 Å². The third-order valence-electron chi connectivity index (χ3n) is 6.55. The summed E-state index contributed by atoms with van der Waals surface area (Å²) in [6.07, 6.45) is 3.26. The Hall–Kier alpha value is -2.58. The summed E-state index contributed by atoms with van der Waals surface area (Å²) in [4.78, 5) is 39.3. The largest absolute Gasteiger partial charge is 0.464 e. The van der Waals surface area contributed by atoms with Gasteiger partial charge in [0.15, 0.2) is 0 Å². The summed E-state index contributed by atoms with van der Waals surface area (Å²) in [5.74, 6) is 2.50. The molecule has 1 saturated heterocycles. The fraction of sp³-hybridized carbons (Fsp3) is 0.458. The first kappa shape index (κ1) is 21.3. The van der Waals surface area contributed by atoms with Gasteiger partial charge in [-0.2, -0.15) is 0 Å². The molecule has 0 radical (unpaired) electrons. The van der Waals surface area contributed by atoms with Gasteiger partial charge in [-0.3, -0.25) is 19.7 Å². The van der Waals surface area contributed by atoms with Crippen LogP contribution in [0, 0.1) is 5.92 Å². The molecular weight excluding hydrogens is 426 g/mol. The summed E-state index contributed by atoms with van der Waals surface area (Å²) in [6.45, 7) is 3.35. The van der Waals surface area contributed by atoms with E-state index in [9.17, 15) is 14.4 Å². The van der Waals surface area contributed by atoms with Crippen LogP contribution in [-0.2, 0) is 28.4 Å². The van der Waals surface area contributed by atoms with E-state index >= 15 is 0 Å². The van der Waals surface area contributed by atoms with Crippen molar-refractivity contribution in [2.75, 3.05) is 0 Å². The zero-order valence-corrected chi connectivity index (χ0v) is 18.9.